The number of benzene rings is 1. The molecular formula is C22H33N3O2. The van der Waals surface area contributed by atoms with Crippen molar-refractivity contribution in [3.05, 3.63) is 41.0 Å². The number of amides is 2. The van der Waals surface area contributed by atoms with Crippen LogP contribution in [0.2, 0.25) is 0 Å². The van der Waals surface area contributed by atoms with Gasteiger partial charge in [-0.2, -0.15) is 0 Å². The molecule has 2 amide bonds. The van der Waals surface area contributed by atoms with Crippen LogP contribution in [0.25, 0.3) is 6.08 Å². The lowest BCUT2D eigenvalue weighted by Crippen LogP contribution is -2.49. The van der Waals surface area contributed by atoms with E-state index in [2.05, 4.69) is 47.6 Å². The highest BCUT2D eigenvalue weighted by Gasteiger charge is 2.26. The van der Waals surface area contributed by atoms with E-state index in [0.717, 1.165) is 45.2 Å². The van der Waals surface area contributed by atoms with Gasteiger partial charge in [-0.25, -0.2) is 4.79 Å². The van der Waals surface area contributed by atoms with E-state index >= 15 is 0 Å². The summed E-state index contributed by atoms with van der Waals surface area (Å²) >= 11 is 0. The van der Waals surface area contributed by atoms with Crippen LogP contribution in [0.1, 0.15) is 48.4 Å². The monoisotopic (exact) mass is 371 g/mol. The number of methoxy groups -OCH3 is 1. The zero-order chi connectivity index (χ0) is 19.2. The van der Waals surface area contributed by atoms with Crippen LogP contribution in [-0.4, -0.2) is 62.8 Å². The summed E-state index contributed by atoms with van der Waals surface area (Å²) in [6.07, 6.45) is 9.43. The third kappa shape index (κ3) is 4.90. The highest BCUT2D eigenvalue weighted by molar-refractivity contribution is 5.75. The van der Waals surface area contributed by atoms with Crippen molar-refractivity contribution < 1.29 is 9.53 Å². The van der Waals surface area contributed by atoms with Gasteiger partial charge in [0.1, 0.15) is 0 Å². The quantitative estimate of drug-likeness (QED) is 0.833. The zero-order valence-corrected chi connectivity index (χ0v) is 16.9. The van der Waals surface area contributed by atoms with Crippen LogP contribution in [0.3, 0.4) is 0 Å². The first-order valence-electron chi connectivity index (χ1n) is 10.1. The highest BCUT2D eigenvalue weighted by atomic mass is 16.5. The molecule has 1 unspecified atom stereocenters. The Balaban J connectivity index is 1.74. The average Bonchev–Trinajstić information content (AvgIpc) is 2.70. The fraction of sp³-hybridized carbons (Fsp3) is 0.591. The first kappa shape index (κ1) is 19.9. The molecule has 27 heavy (non-hydrogen) atoms. The first-order valence-corrected chi connectivity index (χ1v) is 10.1. The number of carbonyl (C=O) groups excluding carboxylic acids is 1. The Bertz CT molecular complexity index is 666. The molecule has 1 atom stereocenters. The van der Waals surface area contributed by atoms with Crippen molar-refractivity contribution in [2.45, 2.75) is 44.2 Å². The fourth-order valence-corrected chi connectivity index (χ4v) is 4.14. The van der Waals surface area contributed by atoms with E-state index in [1.807, 2.05) is 11.9 Å². The van der Waals surface area contributed by atoms with Crippen LogP contribution >= 0.6 is 0 Å². The second kappa shape index (κ2) is 9.38. The molecule has 0 spiro atoms. The number of urea groups is 1. The standard InChI is InChI=1S/C22H33N3O2/c1-24-14-11-18(12-15-24)25(2)22(26)23-21(13-16-27-3)20-10-6-8-17-7-4-5-9-19(17)20/h5-6,8-10,18,21H,4,7,11-16H2,1-3H3,(H,23,26). The molecule has 1 saturated heterocycles. The van der Waals surface area contributed by atoms with Gasteiger partial charge >= 0.3 is 6.03 Å². The summed E-state index contributed by atoms with van der Waals surface area (Å²) < 4.78 is 5.32. The zero-order valence-electron chi connectivity index (χ0n) is 16.9. The Morgan fingerprint density at radius 1 is 1.37 bits per heavy atom. The summed E-state index contributed by atoms with van der Waals surface area (Å²) in [6.45, 7) is 2.72. The Labute approximate surface area is 163 Å². The SMILES string of the molecule is COCCC(NC(=O)N(C)C1CCN(C)CC1)c1cccc2c1C=CCC2. The van der Waals surface area contributed by atoms with Crippen molar-refractivity contribution >= 4 is 12.1 Å². The lowest BCUT2D eigenvalue weighted by Gasteiger charge is -2.36. The Hall–Kier alpha value is -1.85. The first-order chi connectivity index (χ1) is 13.1. The van der Waals surface area contributed by atoms with Gasteiger partial charge in [-0.3, -0.25) is 0 Å². The van der Waals surface area contributed by atoms with Crippen LogP contribution in [0, 0.1) is 0 Å². The van der Waals surface area contributed by atoms with E-state index in [1.54, 1.807) is 7.11 Å². The molecule has 0 aromatic heterocycles. The summed E-state index contributed by atoms with van der Waals surface area (Å²) in [6, 6.07) is 6.74. The van der Waals surface area contributed by atoms with Crippen LogP contribution in [0.15, 0.2) is 24.3 Å². The van der Waals surface area contributed by atoms with Gasteiger partial charge in [0.25, 0.3) is 0 Å². The van der Waals surface area contributed by atoms with Crippen molar-refractivity contribution in [3.8, 4) is 0 Å². The average molecular weight is 372 g/mol. The topological polar surface area (TPSA) is 44.8 Å². The second-order valence-corrected chi connectivity index (χ2v) is 7.79. The number of piperidine rings is 1. The van der Waals surface area contributed by atoms with E-state index in [0.29, 0.717) is 12.6 Å². The molecular weight excluding hydrogens is 338 g/mol. The van der Waals surface area contributed by atoms with Gasteiger partial charge in [0.2, 0.25) is 0 Å². The number of fused-ring (bicyclic) bond motifs is 1. The highest BCUT2D eigenvalue weighted by Crippen LogP contribution is 2.29. The third-order valence-electron chi connectivity index (χ3n) is 5.93. The van der Waals surface area contributed by atoms with Gasteiger partial charge in [0.15, 0.2) is 0 Å². The molecule has 1 aliphatic carbocycles. The maximum absolute atomic E-state index is 13.0. The number of nitrogens with one attached hydrogen (secondary N) is 1. The minimum atomic E-state index is -0.0381. The third-order valence-corrected chi connectivity index (χ3v) is 5.93. The predicted molar refractivity (Wildman–Crippen MR) is 110 cm³/mol. The van der Waals surface area contributed by atoms with Gasteiger partial charge < -0.3 is 19.9 Å². The van der Waals surface area contributed by atoms with E-state index in [-0.39, 0.29) is 12.1 Å². The normalized spacial score (nSPS) is 18.8. The molecule has 148 valence electrons. The van der Waals surface area contributed by atoms with Crippen LogP contribution in [-0.2, 0) is 11.2 Å². The molecule has 5 heteroatoms. The van der Waals surface area contributed by atoms with Crippen LogP contribution < -0.4 is 5.32 Å². The predicted octanol–water partition coefficient (Wildman–Crippen LogP) is 3.46. The Morgan fingerprint density at radius 2 is 2.15 bits per heavy atom. The molecule has 1 aromatic rings. The number of carbonyl (C=O) groups is 1. The molecule has 0 saturated carbocycles. The number of hydrogen-bond acceptors (Lipinski definition) is 3. The summed E-state index contributed by atoms with van der Waals surface area (Å²) in [7, 11) is 5.78. The van der Waals surface area contributed by atoms with E-state index < -0.39 is 0 Å². The lowest BCUT2D eigenvalue weighted by atomic mass is 9.89. The molecule has 1 aromatic carbocycles. The second-order valence-electron chi connectivity index (χ2n) is 7.79. The van der Waals surface area contributed by atoms with Gasteiger partial charge in [-0.15, -0.1) is 0 Å². The minimum Gasteiger partial charge on any atom is -0.385 e. The number of likely N-dealkylation sites (tertiary alicyclic amines) is 1. The lowest BCUT2D eigenvalue weighted by molar-refractivity contribution is 0.141. The number of nitrogens with zero attached hydrogens (tertiary/aromatic N) is 2. The minimum absolute atomic E-state index is 0.0167. The maximum atomic E-state index is 13.0. The summed E-state index contributed by atoms with van der Waals surface area (Å²) in [5.74, 6) is 0. The number of allylic oxidation sites excluding steroid dienone is 1. The maximum Gasteiger partial charge on any atom is 0.317 e. The van der Waals surface area contributed by atoms with E-state index in [9.17, 15) is 4.79 Å². The Morgan fingerprint density at radius 3 is 2.89 bits per heavy atom. The molecule has 0 radical (unpaired) electrons. The number of rotatable bonds is 6. The molecule has 1 aliphatic heterocycles. The van der Waals surface area contributed by atoms with E-state index in [1.165, 1.54) is 16.7 Å². The van der Waals surface area contributed by atoms with Crippen LogP contribution in [0.4, 0.5) is 4.79 Å². The van der Waals surface area contributed by atoms with Gasteiger partial charge in [-0.05, 0) is 68.9 Å². The smallest absolute Gasteiger partial charge is 0.317 e. The molecule has 5 nitrogen and oxygen atoms in total. The van der Waals surface area contributed by atoms with Gasteiger partial charge in [-0.1, -0.05) is 30.4 Å². The summed E-state index contributed by atoms with van der Waals surface area (Å²) in [4.78, 5) is 17.2. The largest absolute Gasteiger partial charge is 0.385 e. The molecule has 2 aliphatic rings. The summed E-state index contributed by atoms with van der Waals surface area (Å²) in [5, 5.41) is 3.29. The molecule has 0 bridgehead atoms. The van der Waals surface area contributed by atoms with Gasteiger partial charge in [0, 0.05) is 26.8 Å². The molecule has 1 fully saturated rings. The van der Waals surface area contributed by atoms with Crippen molar-refractivity contribution in [1.82, 2.24) is 15.1 Å². The molecule has 1 heterocycles. The molecule has 1 N–H and O–H groups in total. The van der Waals surface area contributed by atoms with Crippen molar-refractivity contribution in [2.24, 2.45) is 0 Å². The van der Waals surface area contributed by atoms with Gasteiger partial charge in [0.05, 0.1) is 6.04 Å². The Kier molecular flexibility index (Phi) is 6.91. The number of hydrogen-bond donors (Lipinski definition) is 1. The van der Waals surface area contributed by atoms with Crippen molar-refractivity contribution in [3.63, 3.8) is 0 Å². The molecule has 3 rings (SSSR count). The summed E-state index contributed by atoms with van der Waals surface area (Å²) in [5.41, 5.74) is 3.84. The number of aryl methyl sites for hydroxylation is 1. The van der Waals surface area contributed by atoms with Crippen molar-refractivity contribution in [1.29, 1.82) is 0 Å². The fourth-order valence-electron chi connectivity index (χ4n) is 4.14. The van der Waals surface area contributed by atoms with Crippen molar-refractivity contribution in [2.75, 3.05) is 40.9 Å². The number of ether oxygens (including phenoxy) is 1. The van der Waals surface area contributed by atoms with Crippen LogP contribution in [0.5, 0.6) is 0 Å². The van der Waals surface area contributed by atoms with E-state index in [4.69, 9.17) is 4.74 Å².